The molecule has 2 nitrogen and oxygen atoms in total. The van der Waals surface area contributed by atoms with Gasteiger partial charge in [0.1, 0.15) is 0 Å². The van der Waals surface area contributed by atoms with E-state index < -0.39 is 0 Å². The Balaban J connectivity index is 1.95. The fourth-order valence-corrected chi connectivity index (χ4v) is 2.70. The van der Waals surface area contributed by atoms with E-state index in [1.54, 1.807) is 6.92 Å². The van der Waals surface area contributed by atoms with Crippen molar-refractivity contribution < 1.29 is 4.79 Å². The van der Waals surface area contributed by atoms with Crippen LogP contribution in [0.1, 0.15) is 32.6 Å². The molecule has 0 aliphatic heterocycles. The maximum absolute atomic E-state index is 10.9. The molecule has 1 N–H and O–H groups in total. The molecule has 2 aliphatic carbocycles. The first-order chi connectivity index (χ1) is 6.24. The average molecular weight is 179 g/mol. The van der Waals surface area contributed by atoms with Gasteiger partial charge in [0.25, 0.3) is 0 Å². The van der Waals surface area contributed by atoms with E-state index in [1.165, 1.54) is 19.3 Å². The van der Waals surface area contributed by atoms with Crippen LogP contribution in [-0.4, -0.2) is 11.9 Å². The molecule has 3 unspecified atom stereocenters. The van der Waals surface area contributed by atoms with Gasteiger partial charge >= 0.3 is 0 Å². The molecule has 2 heteroatoms. The summed E-state index contributed by atoms with van der Waals surface area (Å²) in [6.07, 6.45) is 9.51. The summed E-state index contributed by atoms with van der Waals surface area (Å²) in [5, 5.41) is 3.04. The lowest BCUT2D eigenvalue weighted by Gasteiger charge is -2.36. The van der Waals surface area contributed by atoms with Gasteiger partial charge < -0.3 is 5.32 Å². The van der Waals surface area contributed by atoms with Crippen LogP contribution in [0.25, 0.3) is 0 Å². The highest BCUT2D eigenvalue weighted by Crippen LogP contribution is 2.35. The van der Waals surface area contributed by atoms with Gasteiger partial charge in [0.05, 0.1) is 0 Å². The predicted octanol–water partition coefficient (Wildman–Crippen LogP) is 1.87. The van der Waals surface area contributed by atoms with E-state index in [0.717, 1.165) is 18.3 Å². The van der Waals surface area contributed by atoms with Crippen molar-refractivity contribution in [2.75, 3.05) is 0 Å². The van der Waals surface area contributed by atoms with Crippen LogP contribution in [-0.2, 0) is 4.79 Å². The summed E-state index contributed by atoms with van der Waals surface area (Å²) in [4.78, 5) is 10.9. The van der Waals surface area contributed by atoms with Crippen LogP contribution in [0.5, 0.6) is 0 Å². The molecule has 0 aromatic carbocycles. The third-order valence-corrected chi connectivity index (χ3v) is 3.13. The van der Waals surface area contributed by atoms with Crippen molar-refractivity contribution >= 4 is 5.91 Å². The van der Waals surface area contributed by atoms with Crippen LogP contribution in [0.4, 0.5) is 0 Å². The summed E-state index contributed by atoms with van der Waals surface area (Å²) in [6.45, 7) is 1.61. The first kappa shape index (κ1) is 8.79. The second kappa shape index (κ2) is 3.52. The topological polar surface area (TPSA) is 29.1 Å². The van der Waals surface area contributed by atoms with Crippen molar-refractivity contribution in [2.24, 2.45) is 11.8 Å². The van der Waals surface area contributed by atoms with Gasteiger partial charge in [0.15, 0.2) is 0 Å². The molecule has 0 heterocycles. The molecule has 0 aromatic rings. The Morgan fingerprint density at radius 1 is 1.38 bits per heavy atom. The van der Waals surface area contributed by atoms with Gasteiger partial charge in [-0.2, -0.15) is 0 Å². The summed E-state index contributed by atoms with van der Waals surface area (Å²) in [5.41, 5.74) is 0. The SMILES string of the molecule is CC(=O)NC1CC2C=CCC(C2)C1. The number of hydrogen-bond acceptors (Lipinski definition) is 1. The predicted molar refractivity (Wildman–Crippen MR) is 52.2 cm³/mol. The molecule has 72 valence electrons. The average Bonchev–Trinajstić information content (AvgIpc) is 2.01. The van der Waals surface area contributed by atoms with Crippen molar-refractivity contribution in [3.63, 3.8) is 0 Å². The Morgan fingerprint density at radius 3 is 2.92 bits per heavy atom. The zero-order valence-corrected chi connectivity index (χ0v) is 8.12. The minimum absolute atomic E-state index is 0.119. The molecule has 3 atom stereocenters. The van der Waals surface area contributed by atoms with E-state index in [2.05, 4.69) is 17.5 Å². The minimum atomic E-state index is 0.119. The number of amides is 1. The van der Waals surface area contributed by atoms with E-state index in [9.17, 15) is 4.79 Å². The number of fused-ring (bicyclic) bond motifs is 2. The standard InChI is InChI=1S/C11H17NO/c1-8(13)12-11-6-9-3-2-4-10(5-9)7-11/h2-3,9-11H,4-7H2,1H3,(H,12,13). The zero-order valence-electron chi connectivity index (χ0n) is 8.12. The second-order valence-electron chi connectivity index (χ2n) is 4.39. The molecular weight excluding hydrogens is 162 g/mol. The van der Waals surface area contributed by atoms with E-state index >= 15 is 0 Å². The maximum atomic E-state index is 10.9. The van der Waals surface area contributed by atoms with Gasteiger partial charge in [0.2, 0.25) is 5.91 Å². The molecule has 2 rings (SSSR count). The molecule has 2 bridgehead atoms. The number of allylic oxidation sites excluding steroid dienone is 2. The summed E-state index contributed by atoms with van der Waals surface area (Å²) in [6, 6.07) is 0.436. The van der Waals surface area contributed by atoms with Crippen molar-refractivity contribution in [3.05, 3.63) is 12.2 Å². The van der Waals surface area contributed by atoms with Crippen LogP contribution in [0.3, 0.4) is 0 Å². The third-order valence-electron chi connectivity index (χ3n) is 3.13. The number of rotatable bonds is 1. The fraction of sp³-hybridized carbons (Fsp3) is 0.727. The molecule has 1 saturated carbocycles. The quantitative estimate of drug-likeness (QED) is 0.612. The van der Waals surface area contributed by atoms with E-state index in [-0.39, 0.29) is 5.91 Å². The van der Waals surface area contributed by atoms with Crippen LogP contribution in [0.2, 0.25) is 0 Å². The smallest absolute Gasteiger partial charge is 0.217 e. The minimum Gasteiger partial charge on any atom is -0.354 e. The van der Waals surface area contributed by atoms with E-state index in [1.807, 2.05) is 0 Å². The van der Waals surface area contributed by atoms with Crippen molar-refractivity contribution in [1.29, 1.82) is 0 Å². The normalized spacial score (nSPS) is 37.2. The molecule has 0 saturated heterocycles. The number of carbonyl (C=O) groups excluding carboxylic acids is 1. The highest BCUT2D eigenvalue weighted by molar-refractivity contribution is 5.73. The lowest BCUT2D eigenvalue weighted by atomic mass is 9.74. The van der Waals surface area contributed by atoms with Crippen LogP contribution in [0, 0.1) is 11.8 Å². The molecule has 0 aromatic heterocycles. The largest absolute Gasteiger partial charge is 0.354 e. The summed E-state index contributed by atoms with van der Waals surface area (Å²) < 4.78 is 0. The van der Waals surface area contributed by atoms with Gasteiger partial charge in [-0.1, -0.05) is 12.2 Å². The zero-order chi connectivity index (χ0) is 9.26. The number of nitrogens with one attached hydrogen (secondary N) is 1. The van der Waals surface area contributed by atoms with Gasteiger partial charge in [0, 0.05) is 13.0 Å². The molecule has 0 spiro atoms. The Labute approximate surface area is 79.4 Å². The maximum Gasteiger partial charge on any atom is 0.217 e. The van der Waals surface area contributed by atoms with Crippen LogP contribution < -0.4 is 5.32 Å². The highest BCUT2D eigenvalue weighted by atomic mass is 16.1. The summed E-state index contributed by atoms with van der Waals surface area (Å²) in [5.74, 6) is 1.67. The van der Waals surface area contributed by atoms with Crippen molar-refractivity contribution in [3.8, 4) is 0 Å². The Hall–Kier alpha value is -0.790. The van der Waals surface area contributed by atoms with Gasteiger partial charge in [-0.25, -0.2) is 0 Å². The lowest BCUT2D eigenvalue weighted by molar-refractivity contribution is -0.120. The molecule has 1 amide bonds. The number of hydrogen-bond donors (Lipinski definition) is 1. The molecule has 2 aliphatic rings. The van der Waals surface area contributed by atoms with Gasteiger partial charge in [-0.15, -0.1) is 0 Å². The Bertz CT molecular complexity index is 234. The van der Waals surface area contributed by atoms with Crippen LogP contribution in [0.15, 0.2) is 12.2 Å². The molecule has 1 fully saturated rings. The monoisotopic (exact) mass is 179 g/mol. The van der Waals surface area contributed by atoms with Crippen LogP contribution >= 0.6 is 0 Å². The second-order valence-corrected chi connectivity index (χ2v) is 4.39. The fourth-order valence-electron chi connectivity index (χ4n) is 2.70. The van der Waals surface area contributed by atoms with Crippen molar-refractivity contribution in [1.82, 2.24) is 5.32 Å². The Morgan fingerprint density at radius 2 is 2.23 bits per heavy atom. The van der Waals surface area contributed by atoms with Gasteiger partial charge in [-0.3, -0.25) is 4.79 Å². The highest BCUT2D eigenvalue weighted by Gasteiger charge is 2.29. The molecule has 0 radical (unpaired) electrons. The van der Waals surface area contributed by atoms with E-state index in [4.69, 9.17) is 0 Å². The first-order valence-corrected chi connectivity index (χ1v) is 5.18. The first-order valence-electron chi connectivity index (χ1n) is 5.18. The molecule has 13 heavy (non-hydrogen) atoms. The van der Waals surface area contributed by atoms with Gasteiger partial charge in [-0.05, 0) is 37.5 Å². The summed E-state index contributed by atoms with van der Waals surface area (Å²) in [7, 11) is 0. The Kier molecular flexibility index (Phi) is 2.38. The number of carbonyl (C=O) groups is 1. The lowest BCUT2D eigenvalue weighted by Crippen LogP contribution is -2.40. The van der Waals surface area contributed by atoms with Crippen molar-refractivity contribution in [2.45, 2.75) is 38.6 Å². The van der Waals surface area contributed by atoms with E-state index in [0.29, 0.717) is 6.04 Å². The summed E-state index contributed by atoms with van der Waals surface area (Å²) >= 11 is 0. The third kappa shape index (κ3) is 2.11. The molecular formula is C11H17NO.